The van der Waals surface area contributed by atoms with Crippen molar-refractivity contribution in [2.24, 2.45) is 10.9 Å². The van der Waals surface area contributed by atoms with Crippen LogP contribution in [0, 0.1) is 5.92 Å². The third kappa shape index (κ3) is 2.97. The van der Waals surface area contributed by atoms with Gasteiger partial charge >= 0.3 is 0 Å². The number of nitrogens with zero attached hydrogens (tertiary/aromatic N) is 2. The minimum atomic E-state index is -2.62. The SMILES string of the molecule is COC(=N[C@H]1CCC(C(F)F)[C@@H](O)C1O)N1CCC1. The summed E-state index contributed by atoms with van der Waals surface area (Å²) in [6.45, 7) is 1.69. The van der Waals surface area contributed by atoms with E-state index >= 15 is 0 Å². The Labute approximate surface area is 110 Å². The number of hydrogen-bond donors (Lipinski definition) is 2. The summed E-state index contributed by atoms with van der Waals surface area (Å²) in [5.41, 5.74) is 0. The van der Waals surface area contributed by atoms with Crippen LogP contribution in [-0.2, 0) is 4.74 Å². The van der Waals surface area contributed by atoms with Gasteiger partial charge in [0.05, 0.1) is 19.3 Å². The van der Waals surface area contributed by atoms with E-state index in [0.29, 0.717) is 12.4 Å². The smallest absolute Gasteiger partial charge is 0.287 e. The first kappa shape index (κ1) is 14.5. The van der Waals surface area contributed by atoms with Gasteiger partial charge in [-0.1, -0.05) is 0 Å². The number of aliphatic hydroxyl groups excluding tert-OH is 2. The van der Waals surface area contributed by atoms with Crippen LogP contribution < -0.4 is 0 Å². The Bertz CT molecular complexity index is 337. The number of amidine groups is 1. The normalized spacial score (nSPS) is 36.3. The summed E-state index contributed by atoms with van der Waals surface area (Å²) in [5.74, 6) is -1.17. The highest BCUT2D eigenvalue weighted by Gasteiger charge is 2.42. The number of ether oxygens (including phenoxy) is 1. The number of likely N-dealkylation sites (tertiary alicyclic amines) is 1. The Balaban J connectivity index is 2.03. The fourth-order valence-electron chi connectivity index (χ4n) is 2.51. The molecule has 1 aliphatic carbocycles. The zero-order valence-electron chi connectivity index (χ0n) is 10.9. The third-order valence-corrected chi connectivity index (χ3v) is 3.89. The summed E-state index contributed by atoms with van der Waals surface area (Å²) in [6, 6.07) is -0.168. The summed E-state index contributed by atoms with van der Waals surface area (Å²) in [7, 11) is 1.49. The van der Waals surface area contributed by atoms with Crippen molar-refractivity contribution in [3.8, 4) is 0 Å². The van der Waals surface area contributed by atoms with Crippen LogP contribution in [0.15, 0.2) is 4.99 Å². The molecule has 1 heterocycles. The van der Waals surface area contributed by atoms with E-state index in [9.17, 15) is 19.0 Å². The number of hydrogen-bond acceptors (Lipinski definition) is 4. The lowest BCUT2D eigenvalue weighted by molar-refractivity contribution is -0.100. The molecule has 2 rings (SSSR count). The highest BCUT2D eigenvalue weighted by molar-refractivity contribution is 5.74. The van der Waals surface area contributed by atoms with E-state index in [1.54, 1.807) is 0 Å². The van der Waals surface area contributed by atoms with Crippen LogP contribution in [0.4, 0.5) is 8.78 Å². The highest BCUT2D eigenvalue weighted by atomic mass is 19.3. The van der Waals surface area contributed by atoms with Crippen molar-refractivity contribution in [3.63, 3.8) is 0 Å². The highest BCUT2D eigenvalue weighted by Crippen LogP contribution is 2.31. The fourth-order valence-corrected chi connectivity index (χ4v) is 2.51. The van der Waals surface area contributed by atoms with Gasteiger partial charge in [0.1, 0.15) is 6.10 Å². The predicted molar refractivity (Wildman–Crippen MR) is 65.2 cm³/mol. The number of rotatable bonds is 2. The first-order chi connectivity index (χ1) is 9.04. The van der Waals surface area contributed by atoms with Gasteiger partial charge in [-0.2, -0.15) is 0 Å². The summed E-state index contributed by atoms with van der Waals surface area (Å²) >= 11 is 0. The maximum absolute atomic E-state index is 12.7. The van der Waals surface area contributed by atoms with Crippen LogP contribution in [0.5, 0.6) is 0 Å². The molecule has 2 fully saturated rings. The Morgan fingerprint density at radius 1 is 1.26 bits per heavy atom. The minimum Gasteiger partial charge on any atom is -0.468 e. The van der Waals surface area contributed by atoms with E-state index in [-0.39, 0.29) is 6.42 Å². The molecule has 1 saturated heterocycles. The van der Waals surface area contributed by atoms with Crippen molar-refractivity contribution in [2.45, 2.75) is 43.9 Å². The third-order valence-electron chi connectivity index (χ3n) is 3.89. The molecule has 5 nitrogen and oxygen atoms in total. The lowest BCUT2D eigenvalue weighted by atomic mass is 9.82. The molecule has 2 unspecified atom stereocenters. The lowest BCUT2D eigenvalue weighted by Crippen LogP contribution is -2.50. The van der Waals surface area contributed by atoms with E-state index in [4.69, 9.17) is 4.74 Å². The molecule has 0 bridgehead atoms. The molecule has 110 valence electrons. The van der Waals surface area contributed by atoms with Gasteiger partial charge < -0.3 is 19.8 Å². The maximum Gasteiger partial charge on any atom is 0.287 e. The van der Waals surface area contributed by atoms with Crippen LogP contribution in [0.25, 0.3) is 0 Å². The molecule has 0 spiro atoms. The van der Waals surface area contributed by atoms with E-state index in [1.165, 1.54) is 7.11 Å². The van der Waals surface area contributed by atoms with Crippen LogP contribution in [0.3, 0.4) is 0 Å². The van der Waals surface area contributed by atoms with E-state index < -0.39 is 30.6 Å². The van der Waals surface area contributed by atoms with Gasteiger partial charge in [-0.15, -0.1) is 0 Å². The zero-order valence-corrected chi connectivity index (χ0v) is 10.9. The van der Waals surface area contributed by atoms with Crippen LogP contribution >= 0.6 is 0 Å². The maximum atomic E-state index is 12.7. The molecule has 1 saturated carbocycles. The van der Waals surface area contributed by atoms with Crippen molar-refractivity contribution in [1.29, 1.82) is 0 Å². The number of methoxy groups -OCH3 is 1. The van der Waals surface area contributed by atoms with Gasteiger partial charge in [-0.05, 0) is 19.3 Å². The first-order valence-corrected chi connectivity index (χ1v) is 6.55. The summed E-state index contributed by atoms with van der Waals surface area (Å²) < 4.78 is 30.5. The molecule has 19 heavy (non-hydrogen) atoms. The molecular formula is C12H20F2N2O3. The lowest BCUT2D eigenvalue weighted by Gasteiger charge is -2.37. The molecule has 7 heteroatoms. The number of aliphatic hydroxyl groups is 2. The van der Waals surface area contributed by atoms with Gasteiger partial charge in [0.25, 0.3) is 6.02 Å². The topological polar surface area (TPSA) is 65.3 Å². The van der Waals surface area contributed by atoms with Gasteiger partial charge in [-0.3, -0.25) is 0 Å². The van der Waals surface area contributed by atoms with E-state index in [1.807, 2.05) is 4.90 Å². The van der Waals surface area contributed by atoms with Gasteiger partial charge in [0, 0.05) is 19.0 Å². The van der Waals surface area contributed by atoms with Gasteiger partial charge in [0.15, 0.2) is 0 Å². The molecule has 2 N–H and O–H groups in total. The number of halogens is 2. The van der Waals surface area contributed by atoms with Crippen molar-refractivity contribution in [1.82, 2.24) is 4.90 Å². The standard InChI is InChI=1S/C12H20F2N2O3/c1-19-12(16-5-2-6-16)15-8-4-3-7(11(13)14)9(17)10(8)18/h7-11,17-18H,2-6H2,1H3/t7?,8-,9+,10?/m0/s1. The van der Waals surface area contributed by atoms with Crippen molar-refractivity contribution >= 4 is 6.02 Å². The average Bonchev–Trinajstić information content (AvgIpc) is 2.31. The summed E-state index contributed by atoms with van der Waals surface area (Å²) in [4.78, 5) is 6.18. The monoisotopic (exact) mass is 278 g/mol. The largest absolute Gasteiger partial charge is 0.468 e. The molecule has 4 atom stereocenters. The van der Waals surface area contributed by atoms with Crippen LogP contribution in [0.1, 0.15) is 19.3 Å². The quantitative estimate of drug-likeness (QED) is 0.569. The Hall–Kier alpha value is -0.950. The fraction of sp³-hybridized carbons (Fsp3) is 0.917. The predicted octanol–water partition coefficient (Wildman–Crippen LogP) is 0.460. The summed E-state index contributed by atoms with van der Waals surface area (Å²) in [5, 5.41) is 19.6. The van der Waals surface area contributed by atoms with Crippen LogP contribution in [-0.4, -0.2) is 66.0 Å². The number of aliphatic imine (C=N–C) groups is 1. The molecule has 0 aromatic rings. The summed E-state index contributed by atoms with van der Waals surface area (Å²) in [6.07, 6.45) is -3.77. The second-order valence-electron chi connectivity index (χ2n) is 5.08. The van der Waals surface area contributed by atoms with Gasteiger partial charge in [-0.25, -0.2) is 13.8 Å². The molecular weight excluding hydrogens is 258 g/mol. The second kappa shape index (κ2) is 6.00. The molecule has 0 aromatic carbocycles. The van der Waals surface area contributed by atoms with E-state index in [2.05, 4.69) is 4.99 Å². The number of alkyl halides is 2. The van der Waals surface area contributed by atoms with Crippen LogP contribution in [0.2, 0.25) is 0 Å². The molecule has 1 aliphatic heterocycles. The first-order valence-electron chi connectivity index (χ1n) is 6.55. The Morgan fingerprint density at radius 3 is 2.42 bits per heavy atom. The van der Waals surface area contributed by atoms with Crippen molar-refractivity contribution < 1.29 is 23.7 Å². The van der Waals surface area contributed by atoms with Crippen molar-refractivity contribution in [2.75, 3.05) is 20.2 Å². The molecule has 0 radical (unpaired) electrons. The Kier molecular flexibility index (Phi) is 4.57. The van der Waals surface area contributed by atoms with Crippen molar-refractivity contribution in [3.05, 3.63) is 0 Å². The minimum absolute atomic E-state index is 0.154. The average molecular weight is 278 g/mol. The van der Waals surface area contributed by atoms with E-state index in [0.717, 1.165) is 19.5 Å². The van der Waals surface area contributed by atoms with Gasteiger partial charge in [0.2, 0.25) is 6.43 Å². The molecule has 0 aromatic heterocycles. The second-order valence-corrected chi connectivity index (χ2v) is 5.08. The Morgan fingerprint density at radius 2 is 1.95 bits per heavy atom. The molecule has 2 aliphatic rings. The zero-order chi connectivity index (χ0) is 14.0. The molecule has 0 amide bonds.